The van der Waals surface area contributed by atoms with Crippen molar-refractivity contribution >= 4 is 62.5 Å². The summed E-state index contributed by atoms with van der Waals surface area (Å²) >= 11 is 0. The minimum Gasteiger partial charge on any atom is -0.480 e. The Hall–Kier alpha value is -10.4. The first-order valence-corrected chi connectivity index (χ1v) is 51.5. The van der Waals surface area contributed by atoms with Gasteiger partial charge in [-0.15, -0.1) is 13.2 Å². The van der Waals surface area contributed by atoms with Gasteiger partial charge in [-0.1, -0.05) is 31.6 Å². The topological polar surface area (TPSA) is 268 Å². The van der Waals surface area contributed by atoms with E-state index in [2.05, 4.69) is 92.2 Å². The van der Waals surface area contributed by atoms with E-state index < -0.39 is 86.1 Å². The Balaban J connectivity index is 0.000000186. The van der Waals surface area contributed by atoms with Crippen molar-refractivity contribution in [2.75, 3.05) is 318 Å². The zero-order valence-electron chi connectivity index (χ0n) is 83.3. The summed E-state index contributed by atoms with van der Waals surface area (Å²) in [6.07, 6.45) is -19.4. The molecular weight excluding hydrogens is 2050 g/mol. The number of amides is 1. The van der Waals surface area contributed by atoms with Gasteiger partial charge in [0.1, 0.15) is 22.3 Å². The maximum atomic E-state index is 12.5. The van der Waals surface area contributed by atoms with Crippen LogP contribution in [-0.2, 0) is 45.2 Å². The van der Waals surface area contributed by atoms with Gasteiger partial charge >= 0.3 is 59.4 Å². The molecule has 2 aromatic heterocycles. The van der Waals surface area contributed by atoms with E-state index in [0.717, 1.165) is 305 Å². The highest BCUT2D eigenvalue weighted by molar-refractivity contribution is 8.45. The van der Waals surface area contributed by atoms with Crippen molar-refractivity contribution in [2.45, 2.75) is 67.8 Å². The highest BCUT2D eigenvalue weighted by Gasteiger charge is 2.65. The molecular formula is C98H135F23N22O6S. The Morgan fingerprint density at radius 3 is 1.01 bits per heavy atom. The number of methoxy groups -OCH3 is 1. The van der Waals surface area contributed by atoms with Gasteiger partial charge in [-0.3, -0.25) is 24.2 Å². The van der Waals surface area contributed by atoms with Gasteiger partial charge in [-0.05, 0) is 172 Å². The van der Waals surface area contributed by atoms with Crippen LogP contribution in [0.4, 0.5) is 133 Å². The van der Waals surface area contributed by atoms with Crippen molar-refractivity contribution in [1.82, 2.24) is 82.7 Å². The number of halogens is 23. The number of aliphatic carboxylic acids is 1. The molecule has 1 aliphatic carbocycles. The predicted octanol–water partition coefficient (Wildman–Crippen LogP) is 13.9. The third kappa shape index (κ3) is 46.3. The SMILES string of the molecule is C1CN(CC2CC2)CCN1.COC(=O)CN1CCNCC1.FC(F)(F)Oc1cccc(N2CCNCC2)c1.FC(F)(F)c1ccc(N2CCCNCC2)cc1.FC(F)(F)c1ccc(N2CCCNCC2)nc1.FC(F)(F)c1ccc(N2CCNCC2)cc1.FC(F)(F)c1ccc(N2CCNCC2)nc1.FS(F)(F)(F)(F)c1ccc(N2CCNCC2)cc1.O=C(O)CN1CCNCC1.O=C(c1cccc(C(F)(F)F)c1)N1CCNCC1. The number of piperazine rings is 8. The lowest BCUT2D eigenvalue weighted by Crippen LogP contribution is -2.46. The minimum absolute atomic E-state index is 0.0896. The number of hydrogen-bond acceptors (Lipinski definition) is 26. The molecule has 1 saturated carbocycles. The summed E-state index contributed by atoms with van der Waals surface area (Å²) in [4.78, 5) is 59.1. The molecule has 11 aliphatic rings. The molecule has 0 spiro atoms. The molecule has 7 aromatic rings. The van der Waals surface area contributed by atoms with Crippen molar-refractivity contribution in [3.05, 3.63) is 191 Å². The zero-order valence-corrected chi connectivity index (χ0v) is 84.1. The van der Waals surface area contributed by atoms with Crippen LogP contribution >= 0.6 is 10.2 Å². The highest BCUT2D eigenvalue weighted by atomic mass is 32.5. The molecule has 10 saturated heterocycles. The molecule has 10 aliphatic heterocycles. The summed E-state index contributed by atoms with van der Waals surface area (Å²) in [6, 6.07) is 29.5. The lowest BCUT2D eigenvalue weighted by atomic mass is 10.1. The van der Waals surface area contributed by atoms with E-state index in [0.29, 0.717) is 75.3 Å². The van der Waals surface area contributed by atoms with Crippen LogP contribution in [-0.4, -0.2) is 347 Å². The first-order valence-electron chi connectivity index (χ1n) is 49.5. The molecule has 18 rings (SSSR count). The van der Waals surface area contributed by atoms with Crippen molar-refractivity contribution in [2.24, 2.45) is 5.92 Å². The number of carbonyl (C=O) groups is 3. The highest BCUT2D eigenvalue weighted by Crippen LogP contribution is 3.02. The van der Waals surface area contributed by atoms with Gasteiger partial charge in [0.15, 0.2) is 0 Å². The van der Waals surface area contributed by atoms with Crippen LogP contribution in [0.5, 0.6) is 5.75 Å². The molecule has 150 heavy (non-hydrogen) atoms. The molecule has 0 unspecified atom stereocenters. The molecule has 28 nitrogen and oxygen atoms in total. The molecule has 0 atom stereocenters. The number of aromatic nitrogens is 2. The second kappa shape index (κ2) is 58.6. The van der Waals surface area contributed by atoms with E-state index in [1.807, 2.05) is 24.5 Å². The average molecular weight is 2190 g/mol. The van der Waals surface area contributed by atoms with E-state index >= 15 is 0 Å². The van der Waals surface area contributed by atoms with E-state index in [9.17, 15) is 113 Å². The Morgan fingerprint density at radius 2 is 0.660 bits per heavy atom. The average Bonchev–Trinajstić information content (AvgIpc) is 1.40. The van der Waals surface area contributed by atoms with E-state index in [1.165, 1.54) is 101 Å². The Bertz CT molecular complexity index is 4890. The maximum absolute atomic E-state index is 12.5. The van der Waals surface area contributed by atoms with Crippen LogP contribution in [0.1, 0.15) is 63.9 Å². The predicted molar refractivity (Wildman–Crippen MR) is 533 cm³/mol. The van der Waals surface area contributed by atoms with Crippen molar-refractivity contribution in [3.8, 4) is 5.75 Å². The number of nitrogens with zero attached hydrogens (tertiary/aromatic N) is 12. The summed E-state index contributed by atoms with van der Waals surface area (Å²) < 4.78 is 293. The van der Waals surface area contributed by atoms with Crippen molar-refractivity contribution in [1.29, 1.82) is 0 Å². The van der Waals surface area contributed by atoms with Crippen molar-refractivity contribution in [3.63, 3.8) is 0 Å². The smallest absolute Gasteiger partial charge is 0.480 e. The van der Waals surface area contributed by atoms with Crippen LogP contribution in [0.3, 0.4) is 0 Å². The number of carbonyl (C=O) groups excluding carboxylic acids is 2. The number of benzene rings is 5. The zero-order chi connectivity index (χ0) is 109. The number of anilines is 6. The minimum atomic E-state index is -9.54. The summed E-state index contributed by atoms with van der Waals surface area (Å²) in [7, 11) is -8.12. The number of nitrogens with one attached hydrogen (secondary N) is 10. The molecule has 11 N–H and O–H groups in total. The number of alkyl halides is 18. The summed E-state index contributed by atoms with van der Waals surface area (Å²) in [5.41, 5.74) is -0.275. The van der Waals surface area contributed by atoms with Gasteiger partial charge < -0.3 is 107 Å². The molecule has 12 heterocycles. The standard InChI is InChI=1S/C12H13F3N2O.C12H15F3N2.C11H14F3N3.C11H13F3N2O.C11H13F3N2.C10H13F5N2S.C10H12F3N3.C8H16N2.C7H14N2O2.C6H12N2O2/c13-12(14,15)10-3-1-2-9(8-10)11(18)17-6-4-16-5-7-17;13-12(14,15)10-2-4-11(5-3-10)17-8-1-6-16-7-9-17;12-11(13,14)9-2-3-10(16-8-9)17-6-1-4-15-5-7-17;12-11(13,14)17-10-3-1-2-9(8-10)16-6-4-15-5-7-16;12-11(13,14)9-1-3-10(4-2-9)16-7-5-15-6-8-16;11-18(12,13,14,15)10-3-1-9(2-4-10)17-7-5-16-6-8-17;11-10(12,13)8-1-2-9(15-7-8)16-5-3-14-4-6-16;1-2-8(1)7-10-5-3-9-4-6-10;1-11-7(10)6-9-4-2-8-3-5-9;9-6(10)5-8-3-1-7-2-4-8/h1-3,8,16H,4-7H2;2-5,16H,1,6-9H2;2-3,8,15H,1,4-7H2;1-3,8,15H,4-7H2;1-4,15H,5-8H2;1-4,16H,5-8H2;1-2,7,14H,3-6H2;8-9H,1-7H2;8H,2-6H2,1H3;7H,1-5H2,(H,9,10). The van der Waals surface area contributed by atoms with Crippen LogP contribution in [0.2, 0.25) is 0 Å². The molecule has 5 aromatic carbocycles. The van der Waals surface area contributed by atoms with Crippen LogP contribution in [0.25, 0.3) is 0 Å². The quantitative estimate of drug-likeness (QED) is 0.0336. The van der Waals surface area contributed by atoms with E-state index in [1.54, 1.807) is 29.2 Å². The fraction of sp³-hybridized carbons (Fsp3) is 0.561. The number of rotatable bonds is 15. The fourth-order valence-electron chi connectivity index (χ4n) is 16.5. The van der Waals surface area contributed by atoms with Gasteiger partial charge in [-0.2, -0.15) is 65.9 Å². The Kier molecular flexibility index (Phi) is 48.1. The summed E-state index contributed by atoms with van der Waals surface area (Å²) in [5.74, 6) is 0.888. The number of esters is 1. The first-order chi connectivity index (χ1) is 70.9. The van der Waals surface area contributed by atoms with Gasteiger partial charge in [-0.25, -0.2) is 9.97 Å². The largest absolute Gasteiger partial charge is 0.573 e. The van der Waals surface area contributed by atoms with Gasteiger partial charge in [0, 0.05) is 302 Å². The lowest BCUT2D eigenvalue weighted by Gasteiger charge is -2.40. The molecule has 52 heteroatoms. The number of carboxylic acid groups (broad SMARTS) is 1. The normalized spacial score (nSPS) is 19.1. The number of hydrogen-bond donors (Lipinski definition) is 11. The Morgan fingerprint density at radius 1 is 0.340 bits per heavy atom. The number of carboxylic acids is 1. The van der Waals surface area contributed by atoms with Crippen LogP contribution in [0, 0.1) is 5.92 Å². The maximum Gasteiger partial charge on any atom is 0.573 e. The first kappa shape index (κ1) is 123. The Labute approximate surface area is 857 Å². The van der Waals surface area contributed by atoms with E-state index in [-0.39, 0.29) is 29.7 Å². The van der Waals surface area contributed by atoms with Gasteiger partial charge in [0.05, 0.1) is 48.0 Å². The third-order valence-corrected chi connectivity index (χ3v) is 25.9. The van der Waals surface area contributed by atoms with Crippen molar-refractivity contribution < 1.29 is 127 Å². The second-order valence-corrected chi connectivity index (χ2v) is 38.6. The monoisotopic (exact) mass is 2190 g/mol. The summed E-state index contributed by atoms with van der Waals surface area (Å²) in [5, 5.41) is 40.4. The molecule has 0 bridgehead atoms. The lowest BCUT2D eigenvalue weighted by molar-refractivity contribution is -0.274. The molecule has 840 valence electrons. The molecule has 1 amide bonds. The molecule has 11 fully saturated rings. The number of pyridine rings is 2. The van der Waals surface area contributed by atoms with Crippen LogP contribution < -0.4 is 87.3 Å². The van der Waals surface area contributed by atoms with E-state index in [4.69, 9.17) is 5.11 Å². The van der Waals surface area contributed by atoms with Gasteiger partial charge in [0.25, 0.3) is 5.91 Å². The third-order valence-electron chi connectivity index (χ3n) is 24.8. The summed E-state index contributed by atoms with van der Waals surface area (Å²) in [6.45, 7) is 36.3. The van der Waals surface area contributed by atoms with Gasteiger partial charge in [0.2, 0.25) is 0 Å². The fourth-order valence-corrected chi connectivity index (χ4v) is 17.1. The van der Waals surface area contributed by atoms with Crippen LogP contribution in [0.15, 0.2) is 163 Å². The number of ether oxygens (including phenoxy) is 2. The second-order valence-electron chi connectivity index (χ2n) is 36.2. The molecule has 0 radical (unpaired) electrons.